The predicted octanol–water partition coefficient (Wildman–Crippen LogP) is 1.61. The second kappa shape index (κ2) is 6.52. The Bertz CT molecular complexity index is 483. The third-order valence-electron chi connectivity index (χ3n) is 3.50. The van der Waals surface area contributed by atoms with E-state index in [1.54, 1.807) is 24.1 Å². The molecule has 20 heavy (non-hydrogen) atoms. The van der Waals surface area contributed by atoms with Crippen LogP contribution in [0.15, 0.2) is 24.3 Å². The standard InChI is InChI=1S/C15H19NO4/c1-19-10-11-5-7-12(8-6-11)14(17)16-9-3-4-13(16)15(18)20-2/h5-8,13H,3-4,9-10H2,1-2H3. The molecule has 1 aromatic rings. The molecule has 1 unspecified atom stereocenters. The van der Waals surface area contributed by atoms with Crippen molar-refractivity contribution in [2.24, 2.45) is 0 Å². The molecule has 0 aliphatic carbocycles. The number of nitrogens with zero attached hydrogens (tertiary/aromatic N) is 1. The summed E-state index contributed by atoms with van der Waals surface area (Å²) in [6.45, 7) is 1.11. The molecule has 1 amide bonds. The van der Waals surface area contributed by atoms with Crippen LogP contribution in [0.4, 0.5) is 0 Å². The monoisotopic (exact) mass is 277 g/mol. The van der Waals surface area contributed by atoms with Gasteiger partial charge in [-0.3, -0.25) is 4.79 Å². The average molecular weight is 277 g/mol. The van der Waals surface area contributed by atoms with Gasteiger partial charge in [0.15, 0.2) is 0 Å². The highest BCUT2D eigenvalue weighted by atomic mass is 16.5. The first-order chi connectivity index (χ1) is 9.67. The maximum Gasteiger partial charge on any atom is 0.328 e. The van der Waals surface area contributed by atoms with Crippen LogP contribution in [0, 0.1) is 0 Å². The van der Waals surface area contributed by atoms with E-state index in [1.807, 2.05) is 12.1 Å². The van der Waals surface area contributed by atoms with E-state index in [2.05, 4.69) is 0 Å². The Labute approximate surface area is 118 Å². The van der Waals surface area contributed by atoms with E-state index in [-0.39, 0.29) is 11.9 Å². The Balaban J connectivity index is 2.11. The summed E-state index contributed by atoms with van der Waals surface area (Å²) in [6, 6.07) is 6.80. The average Bonchev–Trinajstić information content (AvgIpc) is 2.96. The smallest absolute Gasteiger partial charge is 0.328 e. The van der Waals surface area contributed by atoms with E-state index in [1.165, 1.54) is 7.11 Å². The molecule has 1 aliphatic heterocycles. The van der Waals surface area contributed by atoms with E-state index in [9.17, 15) is 9.59 Å². The molecule has 108 valence electrons. The van der Waals surface area contributed by atoms with Crippen molar-refractivity contribution in [2.75, 3.05) is 20.8 Å². The normalized spacial score (nSPS) is 18.1. The molecule has 0 bridgehead atoms. The number of methoxy groups -OCH3 is 2. The lowest BCUT2D eigenvalue weighted by Gasteiger charge is -2.22. The molecule has 0 aromatic heterocycles. The van der Waals surface area contributed by atoms with Crippen molar-refractivity contribution in [2.45, 2.75) is 25.5 Å². The summed E-state index contributed by atoms with van der Waals surface area (Å²) in [6.07, 6.45) is 1.49. The number of benzene rings is 1. The highest BCUT2D eigenvalue weighted by molar-refractivity contribution is 5.97. The van der Waals surface area contributed by atoms with Gasteiger partial charge in [0.05, 0.1) is 13.7 Å². The molecule has 1 aromatic carbocycles. The number of carbonyl (C=O) groups excluding carboxylic acids is 2. The number of likely N-dealkylation sites (tertiary alicyclic amines) is 1. The van der Waals surface area contributed by atoms with Gasteiger partial charge >= 0.3 is 5.97 Å². The van der Waals surface area contributed by atoms with Crippen LogP contribution >= 0.6 is 0 Å². The molecule has 1 atom stereocenters. The Morgan fingerprint density at radius 1 is 1.25 bits per heavy atom. The van der Waals surface area contributed by atoms with Gasteiger partial charge in [0.2, 0.25) is 0 Å². The molecule has 2 rings (SSSR count). The van der Waals surface area contributed by atoms with E-state index >= 15 is 0 Å². The minimum atomic E-state index is -0.453. The van der Waals surface area contributed by atoms with Crippen LogP contribution in [0.3, 0.4) is 0 Å². The third kappa shape index (κ3) is 2.99. The van der Waals surface area contributed by atoms with Crippen LogP contribution in [0.1, 0.15) is 28.8 Å². The lowest BCUT2D eigenvalue weighted by molar-refractivity contribution is -0.145. The maximum atomic E-state index is 12.4. The molecule has 0 radical (unpaired) electrons. The highest BCUT2D eigenvalue weighted by Crippen LogP contribution is 2.21. The number of amides is 1. The lowest BCUT2D eigenvalue weighted by atomic mass is 10.1. The van der Waals surface area contributed by atoms with Crippen molar-refractivity contribution < 1.29 is 19.1 Å². The summed E-state index contributed by atoms with van der Waals surface area (Å²) in [7, 11) is 2.98. The van der Waals surface area contributed by atoms with E-state index in [0.717, 1.165) is 12.0 Å². The van der Waals surface area contributed by atoms with Crippen LogP contribution in [0.2, 0.25) is 0 Å². The molecule has 0 saturated carbocycles. The van der Waals surface area contributed by atoms with Gasteiger partial charge in [-0.15, -0.1) is 0 Å². The Hall–Kier alpha value is -1.88. The topological polar surface area (TPSA) is 55.8 Å². The number of hydrogen-bond donors (Lipinski definition) is 0. The van der Waals surface area contributed by atoms with Gasteiger partial charge in [-0.1, -0.05) is 12.1 Å². The second-order valence-corrected chi connectivity index (χ2v) is 4.81. The molecule has 1 heterocycles. The van der Waals surface area contributed by atoms with E-state index in [4.69, 9.17) is 9.47 Å². The zero-order chi connectivity index (χ0) is 14.5. The summed E-state index contributed by atoms with van der Waals surface area (Å²) < 4.78 is 9.79. The van der Waals surface area contributed by atoms with Crippen molar-refractivity contribution in [1.29, 1.82) is 0 Å². The molecular weight excluding hydrogens is 258 g/mol. The van der Waals surface area contributed by atoms with Gasteiger partial charge in [0, 0.05) is 19.2 Å². The molecular formula is C15H19NO4. The van der Waals surface area contributed by atoms with E-state index < -0.39 is 6.04 Å². The largest absolute Gasteiger partial charge is 0.467 e. The van der Waals surface area contributed by atoms with Gasteiger partial charge < -0.3 is 14.4 Å². The summed E-state index contributed by atoms with van der Waals surface area (Å²) in [5.74, 6) is -0.464. The van der Waals surface area contributed by atoms with E-state index in [0.29, 0.717) is 25.1 Å². The minimum Gasteiger partial charge on any atom is -0.467 e. The summed E-state index contributed by atoms with van der Waals surface area (Å²) >= 11 is 0. The first-order valence-corrected chi connectivity index (χ1v) is 6.64. The quantitative estimate of drug-likeness (QED) is 0.785. The van der Waals surface area contributed by atoms with Crippen LogP contribution in [-0.4, -0.2) is 43.6 Å². The first kappa shape index (κ1) is 14.5. The Morgan fingerprint density at radius 3 is 2.55 bits per heavy atom. The molecule has 1 fully saturated rings. The number of esters is 1. The fourth-order valence-electron chi connectivity index (χ4n) is 2.47. The Morgan fingerprint density at radius 2 is 1.95 bits per heavy atom. The summed E-state index contributed by atoms with van der Waals surface area (Å²) in [5, 5.41) is 0. The van der Waals surface area contributed by atoms with Crippen molar-refractivity contribution in [3.05, 3.63) is 35.4 Å². The minimum absolute atomic E-state index is 0.123. The number of hydrogen-bond acceptors (Lipinski definition) is 4. The van der Waals surface area contributed by atoms with Gasteiger partial charge in [-0.2, -0.15) is 0 Å². The highest BCUT2D eigenvalue weighted by Gasteiger charge is 2.35. The van der Waals surface area contributed by atoms with Gasteiger partial charge in [-0.25, -0.2) is 4.79 Å². The van der Waals surface area contributed by atoms with Crippen molar-refractivity contribution >= 4 is 11.9 Å². The van der Waals surface area contributed by atoms with Crippen molar-refractivity contribution in [3.8, 4) is 0 Å². The second-order valence-electron chi connectivity index (χ2n) is 4.81. The number of ether oxygens (including phenoxy) is 2. The van der Waals surface area contributed by atoms with Crippen molar-refractivity contribution in [1.82, 2.24) is 4.90 Å². The molecule has 0 N–H and O–H groups in total. The SMILES string of the molecule is COCc1ccc(C(=O)N2CCCC2C(=O)OC)cc1. The van der Waals surface area contributed by atoms with Crippen LogP contribution in [0.25, 0.3) is 0 Å². The molecule has 1 saturated heterocycles. The lowest BCUT2D eigenvalue weighted by Crippen LogP contribution is -2.41. The van der Waals surface area contributed by atoms with Crippen molar-refractivity contribution in [3.63, 3.8) is 0 Å². The predicted molar refractivity (Wildman–Crippen MR) is 73.2 cm³/mol. The molecule has 5 nitrogen and oxygen atoms in total. The van der Waals surface area contributed by atoms with Crippen LogP contribution in [0.5, 0.6) is 0 Å². The third-order valence-corrected chi connectivity index (χ3v) is 3.50. The number of carbonyl (C=O) groups is 2. The molecule has 5 heteroatoms. The van der Waals surface area contributed by atoms with Crippen LogP contribution in [-0.2, 0) is 20.9 Å². The van der Waals surface area contributed by atoms with Gasteiger partial charge in [-0.05, 0) is 30.5 Å². The van der Waals surface area contributed by atoms with Crippen LogP contribution < -0.4 is 0 Å². The zero-order valence-electron chi connectivity index (χ0n) is 11.8. The summed E-state index contributed by atoms with van der Waals surface area (Å²) in [4.78, 5) is 25.7. The molecule has 0 spiro atoms. The van der Waals surface area contributed by atoms with Gasteiger partial charge in [0.25, 0.3) is 5.91 Å². The number of rotatable bonds is 4. The first-order valence-electron chi connectivity index (χ1n) is 6.64. The molecule has 1 aliphatic rings. The Kier molecular flexibility index (Phi) is 4.74. The van der Waals surface area contributed by atoms with Gasteiger partial charge in [0.1, 0.15) is 6.04 Å². The fraction of sp³-hybridized carbons (Fsp3) is 0.467. The summed E-state index contributed by atoms with van der Waals surface area (Å²) in [5.41, 5.74) is 1.59. The maximum absolute atomic E-state index is 12.4. The zero-order valence-corrected chi connectivity index (χ0v) is 11.8. The fourth-order valence-corrected chi connectivity index (χ4v) is 2.47.